The SMILES string of the molecule is O=C(COC(=O)CCn1cnc2ccccc2c1=O)Nc1ccccc1[N+](=O)[O-]. The molecule has 10 heteroatoms. The smallest absolute Gasteiger partial charge is 0.308 e. The lowest BCUT2D eigenvalue weighted by molar-refractivity contribution is -0.383. The van der Waals surface area contributed by atoms with Gasteiger partial charge in [-0.3, -0.25) is 29.1 Å². The minimum atomic E-state index is -0.711. The topological polar surface area (TPSA) is 133 Å². The summed E-state index contributed by atoms with van der Waals surface area (Å²) < 4.78 is 6.16. The van der Waals surface area contributed by atoms with Crippen molar-refractivity contribution in [3.8, 4) is 0 Å². The summed E-state index contributed by atoms with van der Waals surface area (Å²) in [6, 6.07) is 12.5. The van der Waals surface area contributed by atoms with Crippen LogP contribution in [0.15, 0.2) is 59.7 Å². The summed E-state index contributed by atoms with van der Waals surface area (Å²) in [6.07, 6.45) is 1.21. The second-order valence-electron chi connectivity index (χ2n) is 5.99. The van der Waals surface area contributed by atoms with Crippen molar-refractivity contribution in [3.05, 3.63) is 75.3 Å². The predicted octanol–water partition coefficient (Wildman–Crippen LogP) is 1.88. The van der Waals surface area contributed by atoms with Crippen molar-refractivity contribution in [2.24, 2.45) is 0 Å². The molecule has 0 aliphatic heterocycles. The lowest BCUT2D eigenvalue weighted by atomic mass is 10.2. The molecule has 1 heterocycles. The van der Waals surface area contributed by atoms with Gasteiger partial charge in [0.25, 0.3) is 17.2 Å². The molecule has 0 aliphatic rings. The van der Waals surface area contributed by atoms with E-state index >= 15 is 0 Å². The molecule has 3 aromatic rings. The first-order valence-corrected chi connectivity index (χ1v) is 8.59. The van der Waals surface area contributed by atoms with E-state index in [-0.39, 0.29) is 29.9 Å². The number of nitrogens with one attached hydrogen (secondary N) is 1. The number of fused-ring (bicyclic) bond motifs is 1. The molecule has 29 heavy (non-hydrogen) atoms. The minimum absolute atomic E-state index is 0.00680. The molecule has 1 aromatic heterocycles. The van der Waals surface area contributed by atoms with E-state index in [0.29, 0.717) is 10.9 Å². The Hall–Kier alpha value is -4.08. The van der Waals surface area contributed by atoms with Crippen LogP contribution >= 0.6 is 0 Å². The van der Waals surface area contributed by atoms with E-state index in [1.54, 1.807) is 24.3 Å². The number of para-hydroxylation sites is 3. The zero-order chi connectivity index (χ0) is 20.8. The number of anilines is 1. The molecule has 1 N–H and O–H groups in total. The molecule has 3 rings (SSSR count). The molecule has 0 spiro atoms. The maximum Gasteiger partial charge on any atom is 0.308 e. The Balaban J connectivity index is 1.53. The number of ether oxygens (including phenoxy) is 1. The molecule has 0 atom stereocenters. The second kappa shape index (κ2) is 8.74. The molecule has 0 saturated heterocycles. The standard InChI is InChI=1S/C19H16N4O6/c24-17(21-15-7-3-4-8-16(15)23(27)28)11-29-18(25)9-10-22-12-20-14-6-2-1-5-13(14)19(22)26/h1-8,12H,9-11H2,(H,21,24). The zero-order valence-electron chi connectivity index (χ0n) is 15.1. The van der Waals surface area contributed by atoms with Gasteiger partial charge in [0.15, 0.2) is 6.61 Å². The van der Waals surface area contributed by atoms with Gasteiger partial charge in [-0.2, -0.15) is 0 Å². The number of rotatable bonds is 7. The molecule has 0 unspecified atom stereocenters. The Bertz CT molecular complexity index is 1140. The van der Waals surface area contributed by atoms with Gasteiger partial charge in [-0.25, -0.2) is 4.98 Å². The number of aryl methyl sites for hydroxylation is 1. The molecule has 1 amide bonds. The van der Waals surface area contributed by atoms with Crippen molar-refractivity contribution in [1.29, 1.82) is 0 Å². The fourth-order valence-corrected chi connectivity index (χ4v) is 2.62. The molecule has 0 radical (unpaired) electrons. The van der Waals surface area contributed by atoms with Crippen molar-refractivity contribution in [1.82, 2.24) is 9.55 Å². The Morgan fingerprint density at radius 3 is 2.66 bits per heavy atom. The number of amides is 1. The van der Waals surface area contributed by atoms with Crippen molar-refractivity contribution >= 4 is 34.2 Å². The van der Waals surface area contributed by atoms with Crippen LogP contribution in [0.25, 0.3) is 10.9 Å². The molecule has 0 bridgehead atoms. The highest BCUT2D eigenvalue weighted by Crippen LogP contribution is 2.22. The number of benzene rings is 2. The summed E-state index contributed by atoms with van der Waals surface area (Å²) in [5.41, 5.74) is 0.0169. The monoisotopic (exact) mass is 396 g/mol. The van der Waals surface area contributed by atoms with Crippen LogP contribution in [0, 0.1) is 10.1 Å². The average molecular weight is 396 g/mol. The van der Waals surface area contributed by atoms with Crippen LogP contribution in [0.5, 0.6) is 0 Å². The van der Waals surface area contributed by atoms with E-state index in [9.17, 15) is 24.5 Å². The molecular formula is C19H16N4O6. The van der Waals surface area contributed by atoms with Crippen LogP contribution in [0.1, 0.15) is 6.42 Å². The van der Waals surface area contributed by atoms with Gasteiger partial charge >= 0.3 is 5.97 Å². The third kappa shape index (κ3) is 4.80. The number of carbonyl (C=O) groups excluding carboxylic acids is 2. The number of nitro benzene ring substituents is 1. The first kappa shape index (κ1) is 19.7. The largest absolute Gasteiger partial charge is 0.456 e. The summed E-state index contributed by atoms with van der Waals surface area (Å²) in [7, 11) is 0. The molecule has 2 aromatic carbocycles. The van der Waals surface area contributed by atoms with Crippen LogP contribution in [0.2, 0.25) is 0 Å². The fourth-order valence-electron chi connectivity index (χ4n) is 2.62. The number of nitro groups is 1. The van der Waals surface area contributed by atoms with Gasteiger partial charge in [0.1, 0.15) is 5.69 Å². The lowest BCUT2D eigenvalue weighted by Gasteiger charge is -2.08. The van der Waals surface area contributed by atoms with Crippen LogP contribution in [0.3, 0.4) is 0 Å². The summed E-state index contributed by atoms with van der Waals surface area (Å²) in [4.78, 5) is 50.6. The second-order valence-corrected chi connectivity index (χ2v) is 5.99. The van der Waals surface area contributed by atoms with E-state index < -0.39 is 23.4 Å². The highest BCUT2D eigenvalue weighted by molar-refractivity contribution is 5.94. The number of esters is 1. The summed E-state index contributed by atoms with van der Waals surface area (Å²) in [5, 5.41) is 13.7. The average Bonchev–Trinajstić information content (AvgIpc) is 2.72. The summed E-state index contributed by atoms with van der Waals surface area (Å²) in [6.45, 7) is -0.559. The highest BCUT2D eigenvalue weighted by Gasteiger charge is 2.16. The van der Waals surface area contributed by atoms with Gasteiger partial charge in [0, 0.05) is 12.6 Å². The van der Waals surface area contributed by atoms with Crippen molar-refractivity contribution < 1.29 is 19.2 Å². The number of hydrogen-bond acceptors (Lipinski definition) is 7. The summed E-state index contributed by atoms with van der Waals surface area (Å²) in [5.74, 6) is -1.40. The molecule has 0 aliphatic carbocycles. The number of carbonyl (C=O) groups is 2. The third-order valence-electron chi connectivity index (χ3n) is 4.03. The normalized spacial score (nSPS) is 10.5. The molecule has 148 valence electrons. The van der Waals surface area contributed by atoms with Crippen LogP contribution in [0.4, 0.5) is 11.4 Å². The minimum Gasteiger partial charge on any atom is -0.456 e. The first-order valence-electron chi connectivity index (χ1n) is 8.59. The molecular weight excluding hydrogens is 380 g/mol. The molecule has 10 nitrogen and oxygen atoms in total. The van der Waals surface area contributed by atoms with E-state index in [1.165, 1.54) is 35.2 Å². The van der Waals surface area contributed by atoms with Crippen molar-refractivity contribution in [2.45, 2.75) is 13.0 Å². The number of nitrogens with zero attached hydrogens (tertiary/aromatic N) is 3. The van der Waals surface area contributed by atoms with Gasteiger partial charge in [-0.1, -0.05) is 24.3 Å². The van der Waals surface area contributed by atoms with E-state index in [2.05, 4.69) is 10.3 Å². The Morgan fingerprint density at radius 2 is 1.86 bits per heavy atom. The fraction of sp³-hybridized carbons (Fsp3) is 0.158. The van der Waals surface area contributed by atoms with Gasteiger partial charge in [-0.05, 0) is 18.2 Å². The van der Waals surface area contributed by atoms with E-state index in [4.69, 9.17) is 4.74 Å². The number of hydrogen-bond donors (Lipinski definition) is 1. The van der Waals surface area contributed by atoms with E-state index in [0.717, 1.165) is 0 Å². The van der Waals surface area contributed by atoms with Crippen molar-refractivity contribution in [2.75, 3.05) is 11.9 Å². The van der Waals surface area contributed by atoms with Crippen LogP contribution in [-0.2, 0) is 20.9 Å². The zero-order valence-corrected chi connectivity index (χ0v) is 15.1. The predicted molar refractivity (Wildman–Crippen MR) is 103 cm³/mol. The lowest BCUT2D eigenvalue weighted by Crippen LogP contribution is -2.24. The quantitative estimate of drug-likeness (QED) is 0.366. The van der Waals surface area contributed by atoms with Gasteiger partial charge < -0.3 is 10.1 Å². The van der Waals surface area contributed by atoms with Crippen LogP contribution in [-0.4, -0.2) is 33.0 Å². The maximum atomic E-state index is 12.3. The van der Waals surface area contributed by atoms with Crippen molar-refractivity contribution in [3.63, 3.8) is 0 Å². The first-order chi connectivity index (χ1) is 14.0. The maximum absolute atomic E-state index is 12.3. The van der Waals surface area contributed by atoms with Gasteiger partial charge in [0.05, 0.1) is 28.6 Å². The summed E-state index contributed by atoms with van der Waals surface area (Å²) >= 11 is 0. The third-order valence-corrected chi connectivity index (χ3v) is 4.03. The van der Waals surface area contributed by atoms with Gasteiger partial charge in [-0.15, -0.1) is 0 Å². The van der Waals surface area contributed by atoms with Gasteiger partial charge in [0.2, 0.25) is 0 Å². The Labute approximate surface area is 163 Å². The Kier molecular flexibility index (Phi) is 5.93. The molecule has 0 saturated carbocycles. The number of aromatic nitrogens is 2. The van der Waals surface area contributed by atoms with Crippen LogP contribution < -0.4 is 10.9 Å². The Morgan fingerprint density at radius 1 is 1.14 bits per heavy atom. The molecule has 0 fully saturated rings. The highest BCUT2D eigenvalue weighted by atomic mass is 16.6. The van der Waals surface area contributed by atoms with E-state index in [1.807, 2.05) is 0 Å².